The lowest BCUT2D eigenvalue weighted by Gasteiger charge is -2.18. The van der Waals surface area contributed by atoms with Crippen LogP contribution in [-0.4, -0.2) is 13.7 Å². The summed E-state index contributed by atoms with van der Waals surface area (Å²) in [6, 6.07) is 14.3. The molecule has 0 amide bonds. The van der Waals surface area contributed by atoms with Crippen molar-refractivity contribution >= 4 is 11.6 Å². The van der Waals surface area contributed by atoms with Gasteiger partial charge in [0.2, 0.25) is 0 Å². The summed E-state index contributed by atoms with van der Waals surface area (Å²) in [5.74, 6) is 1.08. The van der Waals surface area contributed by atoms with Gasteiger partial charge in [0.1, 0.15) is 5.75 Å². The van der Waals surface area contributed by atoms with Crippen LogP contribution in [0.5, 0.6) is 5.75 Å². The fourth-order valence-electron chi connectivity index (χ4n) is 2.61. The average Bonchev–Trinajstić information content (AvgIpc) is 2.53. The SMILES string of the molecule is COc1ccccc1C(C)c1cccc(CCCN)c1Cl. The number of para-hydroxylation sites is 1. The Morgan fingerprint density at radius 2 is 1.81 bits per heavy atom. The summed E-state index contributed by atoms with van der Waals surface area (Å²) in [4.78, 5) is 0. The summed E-state index contributed by atoms with van der Waals surface area (Å²) in [6.07, 6.45) is 1.87. The number of ether oxygens (including phenoxy) is 1. The lowest BCUT2D eigenvalue weighted by Crippen LogP contribution is -2.04. The van der Waals surface area contributed by atoms with Crippen molar-refractivity contribution in [2.75, 3.05) is 13.7 Å². The zero-order chi connectivity index (χ0) is 15.2. The molecule has 2 nitrogen and oxygen atoms in total. The van der Waals surface area contributed by atoms with Crippen LogP contribution >= 0.6 is 11.6 Å². The highest BCUT2D eigenvalue weighted by Crippen LogP contribution is 2.36. The van der Waals surface area contributed by atoms with Gasteiger partial charge in [0.05, 0.1) is 7.11 Å². The summed E-state index contributed by atoms with van der Waals surface area (Å²) >= 11 is 6.60. The Labute approximate surface area is 131 Å². The van der Waals surface area contributed by atoms with E-state index < -0.39 is 0 Å². The molecule has 0 fully saturated rings. The van der Waals surface area contributed by atoms with Crippen molar-refractivity contribution in [3.63, 3.8) is 0 Å². The Morgan fingerprint density at radius 1 is 1.10 bits per heavy atom. The zero-order valence-corrected chi connectivity index (χ0v) is 13.4. The summed E-state index contributed by atoms with van der Waals surface area (Å²) in [7, 11) is 1.70. The van der Waals surface area contributed by atoms with Crippen LogP contribution in [0.15, 0.2) is 42.5 Å². The van der Waals surface area contributed by atoms with Crippen LogP contribution in [0, 0.1) is 0 Å². The van der Waals surface area contributed by atoms with E-state index in [4.69, 9.17) is 22.1 Å². The van der Waals surface area contributed by atoms with Crippen molar-refractivity contribution in [1.82, 2.24) is 0 Å². The van der Waals surface area contributed by atoms with Crippen molar-refractivity contribution in [3.8, 4) is 5.75 Å². The smallest absolute Gasteiger partial charge is 0.122 e. The molecule has 2 N–H and O–H groups in total. The van der Waals surface area contributed by atoms with Crippen LogP contribution in [0.25, 0.3) is 0 Å². The van der Waals surface area contributed by atoms with Crippen LogP contribution in [0.2, 0.25) is 5.02 Å². The summed E-state index contributed by atoms with van der Waals surface area (Å²) < 4.78 is 5.46. The summed E-state index contributed by atoms with van der Waals surface area (Å²) in [6.45, 7) is 2.84. The first kappa shape index (κ1) is 15.9. The zero-order valence-electron chi connectivity index (χ0n) is 12.6. The van der Waals surface area contributed by atoms with Crippen molar-refractivity contribution in [3.05, 3.63) is 64.2 Å². The summed E-state index contributed by atoms with van der Waals surface area (Å²) in [5.41, 5.74) is 9.05. The first-order chi connectivity index (χ1) is 10.2. The van der Waals surface area contributed by atoms with Crippen LogP contribution in [0.3, 0.4) is 0 Å². The average molecular weight is 304 g/mol. The molecule has 3 heteroatoms. The molecule has 0 heterocycles. The Kier molecular flexibility index (Phi) is 5.66. The van der Waals surface area contributed by atoms with Gasteiger partial charge in [0.25, 0.3) is 0 Å². The van der Waals surface area contributed by atoms with Crippen molar-refractivity contribution < 1.29 is 4.74 Å². The second-order valence-corrected chi connectivity index (χ2v) is 5.55. The second kappa shape index (κ2) is 7.48. The van der Waals surface area contributed by atoms with E-state index in [1.165, 1.54) is 5.56 Å². The molecule has 2 aromatic carbocycles. The fourth-order valence-corrected chi connectivity index (χ4v) is 3.00. The van der Waals surface area contributed by atoms with Gasteiger partial charge in [0.15, 0.2) is 0 Å². The van der Waals surface area contributed by atoms with Gasteiger partial charge in [-0.15, -0.1) is 0 Å². The maximum absolute atomic E-state index is 6.60. The maximum atomic E-state index is 6.60. The molecule has 0 aliphatic rings. The molecule has 0 bridgehead atoms. The lowest BCUT2D eigenvalue weighted by molar-refractivity contribution is 0.408. The second-order valence-electron chi connectivity index (χ2n) is 5.18. The number of benzene rings is 2. The van der Waals surface area contributed by atoms with E-state index in [1.807, 2.05) is 18.2 Å². The Bertz CT molecular complexity index is 598. The van der Waals surface area contributed by atoms with Gasteiger partial charge < -0.3 is 10.5 Å². The molecule has 1 atom stereocenters. The third kappa shape index (κ3) is 3.58. The normalized spacial score (nSPS) is 12.2. The van der Waals surface area contributed by atoms with Gasteiger partial charge in [-0.1, -0.05) is 54.9 Å². The van der Waals surface area contributed by atoms with E-state index in [9.17, 15) is 0 Å². The molecule has 0 aromatic heterocycles. The number of rotatable bonds is 6. The van der Waals surface area contributed by atoms with Crippen LogP contribution < -0.4 is 10.5 Å². The predicted octanol–water partition coefficient (Wildman–Crippen LogP) is 4.39. The first-order valence-corrected chi connectivity index (χ1v) is 7.67. The molecule has 0 saturated heterocycles. The molecule has 2 aromatic rings. The van der Waals surface area contributed by atoms with Gasteiger partial charge >= 0.3 is 0 Å². The highest BCUT2D eigenvalue weighted by molar-refractivity contribution is 6.32. The third-order valence-electron chi connectivity index (χ3n) is 3.83. The quantitative estimate of drug-likeness (QED) is 0.859. The molecule has 1 unspecified atom stereocenters. The fraction of sp³-hybridized carbons (Fsp3) is 0.333. The maximum Gasteiger partial charge on any atom is 0.122 e. The van der Waals surface area contributed by atoms with E-state index in [0.29, 0.717) is 6.54 Å². The van der Waals surface area contributed by atoms with Gasteiger partial charge in [-0.05, 0) is 36.6 Å². The minimum Gasteiger partial charge on any atom is -0.496 e. The van der Waals surface area contributed by atoms with Gasteiger partial charge in [-0.2, -0.15) is 0 Å². The van der Waals surface area contributed by atoms with Crippen LogP contribution in [0.1, 0.15) is 36.0 Å². The summed E-state index contributed by atoms with van der Waals surface area (Å²) in [5, 5.41) is 0.851. The lowest BCUT2D eigenvalue weighted by atomic mass is 9.90. The minimum absolute atomic E-state index is 0.187. The van der Waals surface area contributed by atoms with E-state index >= 15 is 0 Å². The van der Waals surface area contributed by atoms with E-state index in [-0.39, 0.29) is 5.92 Å². The Balaban J connectivity index is 2.37. The molecular formula is C18H22ClNO. The van der Waals surface area contributed by atoms with Crippen LogP contribution in [-0.2, 0) is 6.42 Å². The van der Waals surface area contributed by atoms with Crippen molar-refractivity contribution in [1.29, 1.82) is 0 Å². The predicted molar refractivity (Wildman–Crippen MR) is 89.3 cm³/mol. The first-order valence-electron chi connectivity index (χ1n) is 7.29. The van der Waals surface area contributed by atoms with Gasteiger partial charge in [-0.3, -0.25) is 0 Å². The standard InChI is InChI=1S/C18H22ClNO/c1-13(15-9-3-4-11-17(15)21-2)16-10-5-7-14(18(16)19)8-6-12-20/h3-5,7,9-11,13H,6,8,12,20H2,1-2H3. The molecule has 0 aliphatic carbocycles. The van der Waals surface area contributed by atoms with Gasteiger partial charge in [0, 0.05) is 16.5 Å². The number of halogens is 1. The van der Waals surface area contributed by atoms with Crippen molar-refractivity contribution in [2.24, 2.45) is 5.73 Å². The molecule has 0 aliphatic heterocycles. The van der Waals surface area contributed by atoms with E-state index in [0.717, 1.165) is 34.7 Å². The number of methoxy groups -OCH3 is 1. The monoisotopic (exact) mass is 303 g/mol. The van der Waals surface area contributed by atoms with E-state index in [1.54, 1.807) is 7.11 Å². The van der Waals surface area contributed by atoms with E-state index in [2.05, 4.69) is 31.2 Å². The van der Waals surface area contributed by atoms with Gasteiger partial charge in [-0.25, -0.2) is 0 Å². The third-order valence-corrected chi connectivity index (χ3v) is 4.29. The van der Waals surface area contributed by atoms with Crippen molar-refractivity contribution in [2.45, 2.75) is 25.7 Å². The number of hydrogen-bond donors (Lipinski definition) is 1. The Morgan fingerprint density at radius 3 is 2.52 bits per heavy atom. The molecular weight excluding hydrogens is 282 g/mol. The molecule has 0 saturated carbocycles. The molecule has 2 rings (SSSR count). The highest BCUT2D eigenvalue weighted by Gasteiger charge is 2.17. The largest absolute Gasteiger partial charge is 0.496 e. The number of nitrogens with two attached hydrogens (primary N) is 1. The Hall–Kier alpha value is -1.51. The molecule has 112 valence electrons. The molecule has 21 heavy (non-hydrogen) atoms. The molecule has 0 radical (unpaired) electrons. The number of hydrogen-bond acceptors (Lipinski definition) is 2. The number of aryl methyl sites for hydroxylation is 1. The highest BCUT2D eigenvalue weighted by atomic mass is 35.5. The minimum atomic E-state index is 0.187. The molecule has 0 spiro atoms. The topological polar surface area (TPSA) is 35.2 Å². The van der Waals surface area contributed by atoms with Crippen LogP contribution in [0.4, 0.5) is 0 Å².